The van der Waals surface area contributed by atoms with Gasteiger partial charge in [0.2, 0.25) is 17.6 Å². The molecular weight excluding hydrogens is 509 g/mol. The molecule has 3 aromatic rings. The molecule has 0 radical (unpaired) electrons. The zero-order valence-electron chi connectivity index (χ0n) is 18.1. The zero-order chi connectivity index (χ0) is 24.5. The van der Waals surface area contributed by atoms with Crippen LogP contribution in [0.5, 0.6) is 0 Å². The smallest absolute Gasteiger partial charge is 0.326 e. The fraction of sp³-hybridized carbons (Fsp3) is 0.231. The molecule has 1 aliphatic heterocycles. The Hall–Kier alpha value is -3.00. The second kappa shape index (κ2) is 7.75. The van der Waals surface area contributed by atoms with E-state index in [-0.39, 0.29) is 5.78 Å². The lowest BCUT2D eigenvalue weighted by molar-refractivity contribution is -0.152. The van der Waals surface area contributed by atoms with E-state index in [4.69, 9.17) is 27.9 Å². The van der Waals surface area contributed by atoms with Crippen LogP contribution in [0.2, 0.25) is 0 Å². The predicted molar refractivity (Wildman–Crippen MR) is 129 cm³/mol. The molecule has 2 amide bonds. The van der Waals surface area contributed by atoms with Crippen LogP contribution in [-0.2, 0) is 28.9 Å². The second-order valence-electron chi connectivity index (χ2n) is 8.79. The first kappa shape index (κ1) is 22.5. The molecule has 35 heavy (non-hydrogen) atoms. The number of likely N-dealkylation sites (tertiary alicyclic amines) is 1. The van der Waals surface area contributed by atoms with Crippen LogP contribution in [0, 0.1) is 11.8 Å². The molecule has 176 valence electrons. The fourth-order valence-corrected chi connectivity index (χ4v) is 7.46. The molecule has 2 atom stereocenters. The van der Waals surface area contributed by atoms with Crippen molar-refractivity contribution in [2.45, 2.75) is 9.75 Å². The molecule has 1 aromatic heterocycles. The van der Waals surface area contributed by atoms with Crippen LogP contribution < -0.4 is 0 Å². The maximum Gasteiger partial charge on any atom is 0.326 e. The highest BCUT2D eigenvalue weighted by Crippen LogP contribution is 2.69. The predicted octanol–water partition coefficient (Wildman–Crippen LogP) is 4.07. The quantitative estimate of drug-likeness (QED) is 0.217. The number of esters is 1. The van der Waals surface area contributed by atoms with Crippen molar-refractivity contribution in [1.29, 1.82) is 0 Å². The highest BCUT2D eigenvalue weighted by molar-refractivity contribution is 7.12. The zero-order valence-corrected chi connectivity index (χ0v) is 20.4. The van der Waals surface area contributed by atoms with Gasteiger partial charge in [-0.1, -0.05) is 54.6 Å². The third-order valence-corrected chi connectivity index (χ3v) is 9.32. The van der Waals surface area contributed by atoms with Gasteiger partial charge < -0.3 is 4.74 Å². The fourth-order valence-electron chi connectivity index (χ4n) is 5.71. The first-order valence-electron chi connectivity index (χ1n) is 10.9. The number of carbonyl (C=O) groups excluding carboxylic acids is 4. The molecule has 6 nitrogen and oxygen atoms in total. The highest BCUT2D eigenvalue weighted by Gasteiger charge is 2.73. The molecule has 2 aromatic carbocycles. The van der Waals surface area contributed by atoms with Gasteiger partial charge >= 0.3 is 5.97 Å². The van der Waals surface area contributed by atoms with Gasteiger partial charge in [0.25, 0.3) is 0 Å². The average Bonchev–Trinajstić information content (AvgIpc) is 3.49. The van der Waals surface area contributed by atoms with Gasteiger partial charge in [0.1, 0.15) is 16.3 Å². The standard InChI is InChI=1S/C26H17Cl2NO5S/c27-25-14-6-1-2-7-15(14)26(28,17-9-4-3-8-16(17)25)22-21(25)23(32)29(24(22)33)12-20(31)34-13-18(30)19-10-5-11-35-19/h1-11,21-22H,12-13H2/t21-,22+,25?,26?. The summed E-state index contributed by atoms with van der Waals surface area (Å²) in [5, 5.41) is 1.74. The van der Waals surface area contributed by atoms with E-state index in [0.29, 0.717) is 27.1 Å². The van der Waals surface area contributed by atoms with Crippen molar-refractivity contribution >= 4 is 58.1 Å². The van der Waals surface area contributed by atoms with Gasteiger partial charge in [-0.15, -0.1) is 34.5 Å². The molecule has 4 aliphatic rings. The van der Waals surface area contributed by atoms with Crippen molar-refractivity contribution in [2.75, 3.05) is 13.2 Å². The molecule has 0 N–H and O–H groups in total. The van der Waals surface area contributed by atoms with Crippen molar-refractivity contribution in [3.63, 3.8) is 0 Å². The largest absolute Gasteiger partial charge is 0.456 e. The third kappa shape index (κ3) is 2.89. The van der Waals surface area contributed by atoms with Crippen LogP contribution in [0.1, 0.15) is 31.9 Å². The Balaban J connectivity index is 1.34. The number of alkyl halides is 2. The molecule has 2 heterocycles. The van der Waals surface area contributed by atoms with Gasteiger partial charge in [-0.05, 0) is 33.7 Å². The number of ether oxygens (including phenoxy) is 1. The number of imide groups is 1. The number of hydrogen-bond acceptors (Lipinski definition) is 6. The van der Waals surface area contributed by atoms with Gasteiger partial charge in [0.15, 0.2) is 6.61 Å². The van der Waals surface area contributed by atoms with E-state index in [2.05, 4.69) is 0 Å². The molecule has 1 saturated heterocycles. The minimum absolute atomic E-state index is 0.357. The van der Waals surface area contributed by atoms with Gasteiger partial charge in [-0.25, -0.2) is 0 Å². The molecule has 0 unspecified atom stereocenters. The van der Waals surface area contributed by atoms with Crippen molar-refractivity contribution in [3.8, 4) is 0 Å². The Labute approximate surface area is 214 Å². The van der Waals surface area contributed by atoms with Crippen LogP contribution in [0.3, 0.4) is 0 Å². The second-order valence-corrected chi connectivity index (χ2v) is 10.9. The summed E-state index contributed by atoms with van der Waals surface area (Å²) in [6.45, 7) is -1.09. The Morgan fingerprint density at radius 2 is 1.31 bits per heavy atom. The van der Waals surface area contributed by atoms with Crippen molar-refractivity contribution in [1.82, 2.24) is 4.90 Å². The van der Waals surface area contributed by atoms with Crippen molar-refractivity contribution < 1.29 is 23.9 Å². The molecule has 0 saturated carbocycles. The summed E-state index contributed by atoms with van der Waals surface area (Å²) in [5.74, 6) is -4.34. The molecule has 2 bridgehead atoms. The summed E-state index contributed by atoms with van der Waals surface area (Å²) in [6, 6.07) is 18.0. The maximum absolute atomic E-state index is 13.7. The summed E-state index contributed by atoms with van der Waals surface area (Å²) < 4.78 is 5.09. The number of rotatable bonds is 5. The van der Waals surface area contributed by atoms with E-state index in [1.807, 2.05) is 48.5 Å². The first-order valence-corrected chi connectivity index (χ1v) is 12.6. The number of amides is 2. The normalized spacial score (nSPS) is 27.9. The Morgan fingerprint density at radius 1 is 0.829 bits per heavy atom. The molecule has 1 fully saturated rings. The number of thiophene rings is 1. The highest BCUT2D eigenvalue weighted by atomic mass is 35.5. The van der Waals surface area contributed by atoms with Crippen molar-refractivity contribution in [3.05, 3.63) is 93.2 Å². The van der Waals surface area contributed by atoms with Gasteiger partial charge in [0, 0.05) is 0 Å². The molecule has 0 spiro atoms. The SMILES string of the molecule is O=C(CN1C(=O)[C@@H]2[C@H](C1=O)C1(Cl)c3ccccc3C2(Cl)c2ccccc21)OCC(=O)c1cccs1. The summed E-state index contributed by atoms with van der Waals surface area (Å²) in [7, 11) is 0. The van der Waals surface area contributed by atoms with Crippen LogP contribution in [0.25, 0.3) is 0 Å². The summed E-state index contributed by atoms with van der Waals surface area (Å²) in [4.78, 5) is 50.7. The lowest BCUT2D eigenvalue weighted by atomic mass is 9.54. The number of halogens is 2. The third-order valence-electron chi connectivity index (χ3n) is 7.12. The van der Waals surface area contributed by atoms with Crippen LogP contribution in [0.15, 0.2) is 66.0 Å². The molecular formula is C26H17Cl2NO5S. The molecule has 3 aliphatic carbocycles. The monoisotopic (exact) mass is 525 g/mol. The minimum Gasteiger partial charge on any atom is -0.456 e. The van der Waals surface area contributed by atoms with E-state index in [9.17, 15) is 19.2 Å². The minimum atomic E-state index is -1.31. The van der Waals surface area contributed by atoms with E-state index >= 15 is 0 Å². The lowest BCUT2D eigenvalue weighted by Crippen LogP contribution is -2.57. The molecule has 7 rings (SSSR count). The topological polar surface area (TPSA) is 80.8 Å². The molecule has 9 heteroatoms. The van der Waals surface area contributed by atoms with E-state index < -0.39 is 52.5 Å². The Bertz CT molecular complexity index is 1300. The van der Waals surface area contributed by atoms with Crippen molar-refractivity contribution in [2.24, 2.45) is 11.8 Å². The lowest BCUT2D eigenvalue weighted by Gasteiger charge is -2.54. The van der Waals surface area contributed by atoms with Gasteiger partial charge in [-0.2, -0.15) is 0 Å². The maximum atomic E-state index is 13.7. The van der Waals surface area contributed by atoms with E-state index in [1.54, 1.807) is 17.5 Å². The average molecular weight is 526 g/mol. The number of carbonyl (C=O) groups is 4. The van der Waals surface area contributed by atoms with Gasteiger partial charge in [-0.3, -0.25) is 24.1 Å². The number of Topliss-reactive ketones (excluding diaryl/α,β-unsaturated/α-hetero) is 1. The van der Waals surface area contributed by atoms with E-state index in [0.717, 1.165) is 4.90 Å². The number of ketones is 1. The first-order chi connectivity index (χ1) is 16.8. The number of benzene rings is 2. The van der Waals surface area contributed by atoms with Crippen LogP contribution in [0.4, 0.5) is 0 Å². The number of nitrogens with zero attached hydrogens (tertiary/aromatic N) is 1. The summed E-state index contributed by atoms with van der Waals surface area (Å²) >= 11 is 15.9. The van der Waals surface area contributed by atoms with E-state index in [1.165, 1.54) is 11.3 Å². The summed E-state index contributed by atoms with van der Waals surface area (Å²) in [6.07, 6.45) is 0. The van der Waals surface area contributed by atoms with Crippen LogP contribution in [-0.4, -0.2) is 41.6 Å². The number of hydrogen-bond donors (Lipinski definition) is 0. The van der Waals surface area contributed by atoms with Crippen LogP contribution >= 0.6 is 34.5 Å². The summed E-state index contributed by atoms with van der Waals surface area (Å²) in [5.41, 5.74) is 2.74. The Kier molecular flexibility index (Phi) is 4.97. The Morgan fingerprint density at radius 3 is 1.74 bits per heavy atom. The van der Waals surface area contributed by atoms with Gasteiger partial charge in [0.05, 0.1) is 16.7 Å².